The molecule has 1 atom stereocenters. The normalized spacial score (nSPS) is 18.9. The number of carbonyl (C=O) groups excluding carboxylic acids is 1. The molecule has 0 saturated carbocycles. The fraction of sp³-hybridized carbons (Fsp3) is 0.500. The Bertz CT molecular complexity index is 665. The summed E-state index contributed by atoms with van der Waals surface area (Å²) in [6.45, 7) is 4.30. The first kappa shape index (κ1) is 13.1. The molecule has 2 aromatic heterocycles. The Hall–Kier alpha value is -1.95. The van der Waals surface area contributed by atoms with Crippen molar-refractivity contribution in [2.24, 2.45) is 0 Å². The standard InChI is InChI=1S/C14H17N3O3/c1-8-6-11(12-9(2)16-20-13(12)15-8)14(19)17-5-3-4-10(17)7-18/h6,10,18H,3-5,7H2,1-2H3/t10-/m0/s1. The summed E-state index contributed by atoms with van der Waals surface area (Å²) >= 11 is 0. The molecule has 0 spiro atoms. The Balaban J connectivity index is 2.09. The summed E-state index contributed by atoms with van der Waals surface area (Å²) in [4.78, 5) is 18.7. The number of hydrogen-bond donors (Lipinski definition) is 1. The van der Waals surface area contributed by atoms with E-state index in [9.17, 15) is 9.90 Å². The third kappa shape index (κ3) is 1.96. The molecular formula is C14H17N3O3. The summed E-state index contributed by atoms with van der Waals surface area (Å²) in [7, 11) is 0. The van der Waals surface area contributed by atoms with Gasteiger partial charge in [0.25, 0.3) is 11.6 Å². The van der Waals surface area contributed by atoms with E-state index in [-0.39, 0.29) is 18.6 Å². The second-order valence-electron chi connectivity index (χ2n) is 5.24. The van der Waals surface area contributed by atoms with E-state index < -0.39 is 0 Å². The number of aryl methyl sites for hydroxylation is 2. The van der Waals surface area contributed by atoms with Crippen molar-refractivity contribution in [1.82, 2.24) is 15.0 Å². The highest BCUT2D eigenvalue weighted by Crippen LogP contribution is 2.26. The van der Waals surface area contributed by atoms with Crippen LogP contribution in [0.25, 0.3) is 11.1 Å². The van der Waals surface area contributed by atoms with E-state index in [1.54, 1.807) is 17.9 Å². The molecule has 6 heteroatoms. The predicted molar refractivity (Wildman–Crippen MR) is 72.4 cm³/mol. The number of rotatable bonds is 2. The number of likely N-dealkylation sites (tertiary alicyclic amines) is 1. The molecule has 20 heavy (non-hydrogen) atoms. The Morgan fingerprint density at radius 2 is 2.35 bits per heavy atom. The van der Waals surface area contributed by atoms with Crippen LogP contribution in [0.3, 0.4) is 0 Å². The number of hydrogen-bond acceptors (Lipinski definition) is 5. The number of aliphatic hydroxyl groups is 1. The van der Waals surface area contributed by atoms with Gasteiger partial charge in [0, 0.05) is 12.2 Å². The Labute approximate surface area is 116 Å². The number of aromatic nitrogens is 2. The molecule has 3 rings (SSSR count). The topological polar surface area (TPSA) is 79.5 Å². The van der Waals surface area contributed by atoms with Gasteiger partial charge in [-0.2, -0.15) is 0 Å². The van der Waals surface area contributed by atoms with Crippen molar-refractivity contribution in [3.8, 4) is 0 Å². The first-order valence-electron chi connectivity index (χ1n) is 6.77. The number of nitrogens with zero attached hydrogens (tertiary/aromatic N) is 3. The third-order valence-corrected chi connectivity index (χ3v) is 3.82. The molecule has 0 unspecified atom stereocenters. The third-order valence-electron chi connectivity index (χ3n) is 3.82. The van der Waals surface area contributed by atoms with Crippen LogP contribution in [0.15, 0.2) is 10.6 Å². The van der Waals surface area contributed by atoms with Gasteiger partial charge in [0.1, 0.15) is 0 Å². The van der Waals surface area contributed by atoms with Crippen LogP contribution in [0.2, 0.25) is 0 Å². The van der Waals surface area contributed by atoms with Crippen molar-refractivity contribution < 1.29 is 14.4 Å². The average molecular weight is 275 g/mol. The van der Waals surface area contributed by atoms with Crippen LogP contribution in [-0.4, -0.2) is 45.2 Å². The molecule has 1 amide bonds. The van der Waals surface area contributed by atoms with Crippen LogP contribution in [-0.2, 0) is 0 Å². The molecular weight excluding hydrogens is 258 g/mol. The first-order valence-corrected chi connectivity index (χ1v) is 6.77. The minimum absolute atomic E-state index is 0.00156. The summed E-state index contributed by atoms with van der Waals surface area (Å²) in [5.74, 6) is -0.0802. The quantitative estimate of drug-likeness (QED) is 0.897. The van der Waals surface area contributed by atoms with Crippen molar-refractivity contribution in [3.05, 3.63) is 23.0 Å². The zero-order valence-corrected chi connectivity index (χ0v) is 11.6. The van der Waals surface area contributed by atoms with E-state index in [2.05, 4.69) is 10.1 Å². The number of carbonyl (C=O) groups is 1. The maximum atomic E-state index is 12.8. The molecule has 0 aromatic carbocycles. The second kappa shape index (κ2) is 4.86. The van der Waals surface area contributed by atoms with Gasteiger partial charge < -0.3 is 14.5 Å². The van der Waals surface area contributed by atoms with E-state index in [0.29, 0.717) is 28.9 Å². The van der Waals surface area contributed by atoms with Crippen LogP contribution in [0, 0.1) is 13.8 Å². The van der Waals surface area contributed by atoms with E-state index in [1.807, 2.05) is 6.92 Å². The minimum atomic E-state index is -0.0915. The van der Waals surface area contributed by atoms with E-state index in [4.69, 9.17) is 4.52 Å². The molecule has 6 nitrogen and oxygen atoms in total. The lowest BCUT2D eigenvalue weighted by molar-refractivity contribution is 0.0679. The van der Waals surface area contributed by atoms with Crippen molar-refractivity contribution in [1.29, 1.82) is 0 Å². The van der Waals surface area contributed by atoms with Crippen molar-refractivity contribution in [2.75, 3.05) is 13.2 Å². The average Bonchev–Trinajstić information content (AvgIpc) is 3.04. The summed E-state index contributed by atoms with van der Waals surface area (Å²) in [6.07, 6.45) is 1.77. The van der Waals surface area contributed by atoms with Crippen molar-refractivity contribution in [2.45, 2.75) is 32.7 Å². The number of amides is 1. The molecule has 0 aliphatic carbocycles. The smallest absolute Gasteiger partial charge is 0.258 e. The summed E-state index contributed by atoms with van der Waals surface area (Å²) < 4.78 is 5.15. The zero-order valence-electron chi connectivity index (χ0n) is 11.6. The summed E-state index contributed by atoms with van der Waals surface area (Å²) in [5.41, 5.74) is 2.34. The molecule has 0 radical (unpaired) electrons. The first-order chi connectivity index (χ1) is 9.61. The largest absolute Gasteiger partial charge is 0.394 e. The van der Waals surface area contributed by atoms with Crippen LogP contribution in [0.5, 0.6) is 0 Å². The van der Waals surface area contributed by atoms with Gasteiger partial charge in [-0.3, -0.25) is 4.79 Å². The lowest BCUT2D eigenvalue weighted by Gasteiger charge is -2.23. The van der Waals surface area contributed by atoms with Crippen molar-refractivity contribution >= 4 is 17.0 Å². The van der Waals surface area contributed by atoms with Gasteiger partial charge in [-0.1, -0.05) is 5.16 Å². The van der Waals surface area contributed by atoms with Gasteiger partial charge in [-0.25, -0.2) is 4.98 Å². The van der Waals surface area contributed by atoms with Gasteiger partial charge in [0.05, 0.1) is 29.3 Å². The molecule has 1 N–H and O–H groups in total. The lowest BCUT2D eigenvalue weighted by atomic mass is 10.1. The van der Waals surface area contributed by atoms with Crippen LogP contribution < -0.4 is 0 Å². The highest BCUT2D eigenvalue weighted by molar-refractivity contribution is 6.06. The predicted octanol–water partition coefficient (Wildman–Crippen LogP) is 1.44. The van der Waals surface area contributed by atoms with Crippen molar-refractivity contribution in [3.63, 3.8) is 0 Å². The Morgan fingerprint density at radius 1 is 1.55 bits per heavy atom. The molecule has 1 aliphatic heterocycles. The van der Waals surface area contributed by atoms with E-state index in [0.717, 1.165) is 18.5 Å². The van der Waals surface area contributed by atoms with Gasteiger partial charge >= 0.3 is 0 Å². The summed E-state index contributed by atoms with van der Waals surface area (Å²) in [5, 5.41) is 13.9. The molecule has 0 bridgehead atoms. The molecule has 1 aliphatic rings. The summed E-state index contributed by atoms with van der Waals surface area (Å²) in [6, 6.07) is 1.67. The van der Waals surface area contributed by atoms with Crippen LogP contribution in [0.1, 0.15) is 34.6 Å². The second-order valence-corrected chi connectivity index (χ2v) is 5.24. The van der Waals surface area contributed by atoms with E-state index in [1.165, 1.54) is 0 Å². The fourth-order valence-corrected chi connectivity index (χ4v) is 2.83. The van der Waals surface area contributed by atoms with Crippen LogP contribution >= 0.6 is 0 Å². The van der Waals surface area contributed by atoms with Gasteiger partial charge in [-0.05, 0) is 32.8 Å². The Morgan fingerprint density at radius 3 is 3.10 bits per heavy atom. The van der Waals surface area contributed by atoms with Gasteiger partial charge in [0.2, 0.25) is 0 Å². The van der Waals surface area contributed by atoms with Crippen LogP contribution in [0.4, 0.5) is 0 Å². The Kier molecular flexibility index (Phi) is 3.17. The van der Waals surface area contributed by atoms with Gasteiger partial charge in [0.15, 0.2) is 0 Å². The molecule has 2 aromatic rings. The SMILES string of the molecule is Cc1cc(C(=O)N2CCC[C@H]2CO)c2c(C)noc2n1. The number of pyridine rings is 1. The number of fused-ring (bicyclic) bond motifs is 1. The fourth-order valence-electron chi connectivity index (χ4n) is 2.83. The molecule has 106 valence electrons. The highest BCUT2D eigenvalue weighted by Gasteiger charge is 2.30. The highest BCUT2D eigenvalue weighted by atomic mass is 16.5. The molecule has 1 saturated heterocycles. The minimum Gasteiger partial charge on any atom is -0.394 e. The zero-order chi connectivity index (χ0) is 14.3. The molecule has 3 heterocycles. The van der Waals surface area contributed by atoms with E-state index >= 15 is 0 Å². The molecule has 1 fully saturated rings. The monoisotopic (exact) mass is 275 g/mol. The number of aliphatic hydroxyl groups excluding tert-OH is 1. The maximum absolute atomic E-state index is 12.8. The lowest BCUT2D eigenvalue weighted by Crippen LogP contribution is -2.37. The van der Waals surface area contributed by atoms with Gasteiger partial charge in [-0.15, -0.1) is 0 Å². The maximum Gasteiger partial charge on any atom is 0.258 e.